The Bertz CT molecular complexity index is 925. The van der Waals surface area contributed by atoms with E-state index < -0.39 is 0 Å². The molecule has 0 unspecified atom stereocenters. The molecule has 144 valence electrons. The van der Waals surface area contributed by atoms with Crippen LogP contribution in [0, 0.1) is 6.92 Å². The number of aryl methyl sites for hydroxylation is 1. The lowest BCUT2D eigenvalue weighted by Gasteiger charge is -2.11. The number of benzene rings is 1. The topological polar surface area (TPSA) is 87.6 Å². The Balaban J connectivity index is 1.43. The predicted molar refractivity (Wildman–Crippen MR) is 106 cm³/mol. The van der Waals surface area contributed by atoms with Crippen molar-refractivity contribution < 1.29 is 9.47 Å². The summed E-state index contributed by atoms with van der Waals surface area (Å²) in [5.41, 5.74) is 7.96. The van der Waals surface area contributed by atoms with E-state index in [0.29, 0.717) is 52.2 Å². The maximum Gasteiger partial charge on any atom is 0.254 e. The second kappa shape index (κ2) is 8.93. The first-order valence-corrected chi connectivity index (χ1v) is 9.40. The fraction of sp³-hybridized carbons (Fsp3) is 0.353. The fourth-order valence-corrected chi connectivity index (χ4v) is 3.57. The zero-order valence-electron chi connectivity index (χ0n) is 14.6. The first-order valence-electron chi connectivity index (χ1n) is 8.27. The monoisotopic (exact) mass is 429 g/mol. The Morgan fingerprint density at radius 3 is 2.59 bits per heavy atom. The van der Waals surface area contributed by atoms with Crippen LogP contribution >= 0.6 is 34.8 Å². The molecule has 3 aromatic rings. The lowest BCUT2D eigenvalue weighted by molar-refractivity contribution is 0.0986. The van der Waals surface area contributed by atoms with Crippen molar-refractivity contribution in [1.29, 1.82) is 0 Å². The second-order valence-electron chi connectivity index (χ2n) is 5.80. The van der Waals surface area contributed by atoms with Crippen LogP contribution < -0.4 is 10.5 Å². The van der Waals surface area contributed by atoms with Crippen LogP contribution in [-0.2, 0) is 11.2 Å². The van der Waals surface area contributed by atoms with E-state index in [1.54, 1.807) is 12.1 Å². The molecule has 2 N–H and O–H groups in total. The Kier molecular flexibility index (Phi) is 6.59. The Hall–Kier alpha value is -1.80. The minimum atomic E-state index is 0.328. The van der Waals surface area contributed by atoms with Crippen molar-refractivity contribution in [3.63, 3.8) is 0 Å². The van der Waals surface area contributed by atoms with Gasteiger partial charge in [0.2, 0.25) is 0 Å². The zero-order valence-corrected chi connectivity index (χ0v) is 16.9. The average Bonchev–Trinajstić information content (AvgIpc) is 3.06. The molecule has 0 saturated carbocycles. The number of ether oxygens (including phenoxy) is 2. The van der Waals surface area contributed by atoms with Crippen molar-refractivity contribution >= 4 is 46.4 Å². The van der Waals surface area contributed by atoms with Gasteiger partial charge in [-0.2, -0.15) is 14.6 Å². The minimum Gasteiger partial charge on any atom is -0.488 e. The van der Waals surface area contributed by atoms with Gasteiger partial charge in [0.1, 0.15) is 18.8 Å². The number of nitrogen functional groups attached to an aromatic ring is 1. The van der Waals surface area contributed by atoms with Gasteiger partial charge in [0.15, 0.2) is 5.75 Å². The molecular weight excluding hydrogens is 413 g/mol. The Morgan fingerprint density at radius 1 is 1.11 bits per heavy atom. The summed E-state index contributed by atoms with van der Waals surface area (Å²) in [7, 11) is 0. The quantitative estimate of drug-likeness (QED) is 0.543. The first-order chi connectivity index (χ1) is 13.0. The van der Waals surface area contributed by atoms with E-state index in [1.165, 1.54) is 10.8 Å². The molecule has 0 amide bonds. The maximum atomic E-state index is 6.16. The lowest BCUT2D eigenvalue weighted by Crippen LogP contribution is -2.11. The lowest BCUT2D eigenvalue weighted by atomic mass is 10.1. The zero-order chi connectivity index (χ0) is 19.4. The van der Waals surface area contributed by atoms with Gasteiger partial charge in [-0.05, 0) is 31.9 Å². The van der Waals surface area contributed by atoms with Gasteiger partial charge in [-0.3, -0.25) is 0 Å². The van der Waals surface area contributed by atoms with Crippen molar-refractivity contribution in [2.45, 2.75) is 19.8 Å². The number of aromatic nitrogens is 4. The molecule has 2 heterocycles. The van der Waals surface area contributed by atoms with Gasteiger partial charge in [0.25, 0.3) is 5.78 Å². The van der Waals surface area contributed by atoms with Gasteiger partial charge >= 0.3 is 0 Å². The van der Waals surface area contributed by atoms with Crippen LogP contribution in [-0.4, -0.2) is 39.4 Å². The molecule has 1 aromatic carbocycles. The van der Waals surface area contributed by atoms with Crippen LogP contribution in [0.4, 0.5) is 5.82 Å². The molecule has 27 heavy (non-hydrogen) atoms. The number of nitrogens with two attached hydrogens (primary N) is 1. The van der Waals surface area contributed by atoms with Crippen LogP contribution in [0.15, 0.2) is 18.5 Å². The van der Waals surface area contributed by atoms with E-state index >= 15 is 0 Å². The van der Waals surface area contributed by atoms with E-state index in [2.05, 4.69) is 15.1 Å². The van der Waals surface area contributed by atoms with Crippen molar-refractivity contribution in [1.82, 2.24) is 19.6 Å². The first kappa shape index (κ1) is 19.9. The van der Waals surface area contributed by atoms with E-state index in [1.807, 2.05) is 6.92 Å². The molecule has 10 heteroatoms. The highest BCUT2D eigenvalue weighted by atomic mass is 35.5. The van der Waals surface area contributed by atoms with Gasteiger partial charge in [0, 0.05) is 22.9 Å². The summed E-state index contributed by atoms with van der Waals surface area (Å²) in [6.45, 7) is 3.20. The van der Waals surface area contributed by atoms with Crippen LogP contribution in [0.2, 0.25) is 15.1 Å². The Labute approximate surface area is 171 Å². The number of anilines is 1. The summed E-state index contributed by atoms with van der Waals surface area (Å²) in [5, 5.41) is 5.28. The van der Waals surface area contributed by atoms with Gasteiger partial charge in [-0.15, -0.1) is 0 Å². The highest BCUT2D eigenvalue weighted by Gasteiger charge is 2.12. The van der Waals surface area contributed by atoms with Crippen molar-refractivity contribution in [3.8, 4) is 5.75 Å². The molecule has 0 bridgehead atoms. The molecule has 0 aliphatic heterocycles. The van der Waals surface area contributed by atoms with Crippen molar-refractivity contribution in [3.05, 3.63) is 44.8 Å². The third-order valence-electron chi connectivity index (χ3n) is 3.92. The van der Waals surface area contributed by atoms with E-state index in [-0.39, 0.29) is 0 Å². The molecule has 0 saturated heterocycles. The number of halogens is 3. The molecule has 0 fully saturated rings. The maximum absolute atomic E-state index is 6.16. The number of nitrogens with zero attached hydrogens (tertiary/aromatic N) is 4. The Morgan fingerprint density at radius 2 is 1.85 bits per heavy atom. The SMILES string of the molecule is Cc1nc2ncnn2c(N)c1CCCOCCOc1c(Cl)cc(Cl)cc1Cl. The van der Waals surface area contributed by atoms with Crippen molar-refractivity contribution in [2.24, 2.45) is 0 Å². The van der Waals surface area contributed by atoms with Gasteiger partial charge in [-0.25, -0.2) is 4.98 Å². The third-order valence-corrected chi connectivity index (χ3v) is 4.70. The minimum absolute atomic E-state index is 0.328. The second-order valence-corrected chi connectivity index (χ2v) is 7.05. The normalized spacial score (nSPS) is 11.3. The van der Waals surface area contributed by atoms with E-state index in [4.69, 9.17) is 50.0 Å². The number of fused-ring (bicyclic) bond motifs is 1. The highest BCUT2D eigenvalue weighted by molar-refractivity contribution is 6.40. The molecule has 0 aliphatic carbocycles. The van der Waals surface area contributed by atoms with Crippen LogP contribution in [0.3, 0.4) is 0 Å². The van der Waals surface area contributed by atoms with Crippen LogP contribution in [0.1, 0.15) is 17.7 Å². The molecule has 0 spiro atoms. The molecule has 0 atom stereocenters. The summed E-state index contributed by atoms with van der Waals surface area (Å²) in [4.78, 5) is 8.44. The third kappa shape index (κ3) is 4.73. The largest absolute Gasteiger partial charge is 0.488 e. The molecule has 7 nitrogen and oxygen atoms in total. The van der Waals surface area contributed by atoms with E-state index in [9.17, 15) is 0 Å². The number of hydrogen-bond acceptors (Lipinski definition) is 6. The highest BCUT2D eigenvalue weighted by Crippen LogP contribution is 2.35. The van der Waals surface area contributed by atoms with Gasteiger partial charge < -0.3 is 15.2 Å². The summed E-state index contributed by atoms with van der Waals surface area (Å²) < 4.78 is 12.7. The molecule has 0 radical (unpaired) electrons. The van der Waals surface area contributed by atoms with E-state index in [0.717, 1.165) is 24.1 Å². The summed E-state index contributed by atoms with van der Waals surface area (Å²) in [6, 6.07) is 3.16. The summed E-state index contributed by atoms with van der Waals surface area (Å²) >= 11 is 18.0. The standard InChI is InChI=1S/C17H18Cl3N5O2/c1-10-12(16(21)25-17(24-10)22-9-23-25)3-2-4-26-5-6-27-15-13(19)7-11(18)8-14(15)20/h7-9H,2-6,21H2,1H3. The number of rotatable bonds is 8. The van der Waals surface area contributed by atoms with Gasteiger partial charge in [0.05, 0.1) is 16.7 Å². The molecule has 3 rings (SSSR count). The van der Waals surface area contributed by atoms with Crippen molar-refractivity contribution in [2.75, 3.05) is 25.6 Å². The summed E-state index contributed by atoms with van der Waals surface area (Å²) in [5.74, 6) is 1.47. The average molecular weight is 431 g/mol. The fourth-order valence-electron chi connectivity index (χ4n) is 2.64. The predicted octanol–water partition coefficient (Wildman–Crippen LogP) is 4.00. The summed E-state index contributed by atoms with van der Waals surface area (Å²) in [6.07, 6.45) is 2.95. The van der Waals surface area contributed by atoms with Crippen LogP contribution in [0.5, 0.6) is 5.75 Å². The molecule has 0 aliphatic rings. The molecular formula is C17H18Cl3N5O2. The number of hydrogen-bond donors (Lipinski definition) is 1. The van der Waals surface area contributed by atoms with Crippen LogP contribution in [0.25, 0.3) is 5.78 Å². The van der Waals surface area contributed by atoms with Gasteiger partial charge in [-0.1, -0.05) is 34.8 Å². The smallest absolute Gasteiger partial charge is 0.254 e. The molecule has 2 aromatic heterocycles.